The Balaban J connectivity index is 1.47. The van der Waals surface area contributed by atoms with Crippen LogP contribution in [0.5, 0.6) is 0 Å². The molecule has 7 rings (SSSR count). The summed E-state index contributed by atoms with van der Waals surface area (Å²) in [7, 11) is 0. The fourth-order valence-electron chi connectivity index (χ4n) is 6.28. The first-order chi connectivity index (χ1) is 20.9. The van der Waals surface area contributed by atoms with E-state index in [9.17, 15) is 4.79 Å². The molecule has 1 saturated heterocycles. The molecule has 1 atom stereocenters. The van der Waals surface area contributed by atoms with Crippen molar-refractivity contribution in [2.24, 2.45) is 11.8 Å². The summed E-state index contributed by atoms with van der Waals surface area (Å²) in [5.74, 6) is 0.688. The SMILES string of the molecule is CC1CCC(Cn2c(N3CCOC[C@H]3c3ccccc3)nc3nc(-c4noc(=O)[nH]4)nc(-c4cc(Cl)ccc4F)c32)CC1. The van der Waals surface area contributed by atoms with Gasteiger partial charge in [-0.15, -0.1) is 0 Å². The van der Waals surface area contributed by atoms with E-state index in [1.807, 2.05) is 18.2 Å². The highest BCUT2D eigenvalue weighted by Gasteiger charge is 2.32. The zero-order chi connectivity index (χ0) is 29.5. The van der Waals surface area contributed by atoms with Crippen LogP contribution in [0.25, 0.3) is 34.1 Å². The fourth-order valence-corrected chi connectivity index (χ4v) is 6.45. The van der Waals surface area contributed by atoms with Gasteiger partial charge in [0, 0.05) is 23.7 Å². The molecule has 0 spiro atoms. The van der Waals surface area contributed by atoms with Crippen LogP contribution in [0.15, 0.2) is 57.8 Å². The number of ether oxygens (including phenoxy) is 1. The number of nitrogens with one attached hydrogen (secondary N) is 1. The standard InChI is InChI=1S/C31H31ClFN7O3/c1-18-7-9-19(10-8-18)16-40-26-25(22-15-21(32)11-12-23(22)33)34-28(29-37-31(41)43-38-29)35-27(26)36-30(40)39-13-14-42-17-24(39)20-5-3-2-4-6-20/h2-6,11-12,15,18-19,24H,7-10,13-14,16-17H2,1H3,(H,37,38,41)/t18?,19?,24-/m0/s1. The lowest BCUT2D eigenvalue weighted by Crippen LogP contribution is -2.41. The highest BCUT2D eigenvalue weighted by Crippen LogP contribution is 2.39. The maximum absolute atomic E-state index is 15.5. The summed E-state index contributed by atoms with van der Waals surface area (Å²) in [6, 6.07) is 14.5. The minimum atomic E-state index is -0.744. The van der Waals surface area contributed by atoms with Crippen molar-refractivity contribution in [3.63, 3.8) is 0 Å². The predicted molar refractivity (Wildman–Crippen MR) is 160 cm³/mol. The van der Waals surface area contributed by atoms with E-state index in [0.717, 1.165) is 37.2 Å². The van der Waals surface area contributed by atoms with E-state index >= 15 is 4.39 Å². The van der Waals surface area contributed by atoms with Crippen LogP contribution < -0.4 is 10.7 Å². The maximum Gasteiger partial charge on any atom is 0.439 e. The molecular weight excluding hydrogens is 573 g/mol. The Hall–Kier alpha value is -4.09. The highest BCUT2D eigenvalue weighted by atomic mass is 35.5. The van der Waals surface area contributed by atoms with E-state index in [4.69, 9.17) is 35.8 Å². The molecule has 1 saturated carbocycles. The van der Waals surface area contributed by atoms with Crippen molar-refractivity contribution in [1.29, 1.82) is 0 Å². The summed E-state index contributed by atoms with van der Waals surface area (Å²) >= 11 is 6.37. The smallest absolute Gasteiger partial charge is 0.377 e. The van der Waals surface area contributed by atoms with Crippen LogP contribution in [0, 0.1) is 17.7 Å². The quantitative estimate of drug-likeness (QED) is 0.250. The Labute approximate surface area is 251 Å². The molecule has 0 unspecified atom stereocenters. The molecule has 2 fully saturated rings. The van der Waals surface area contributed by atoms with Crippen molar-refractivity contribution >= 4 is 28.7 Å². The highest BCUT2D eigenvalue weighted by molar-refractivity contribution is 6.30. The first kappa shape index (κ1) is 27.7. The van der Waals surface area contributed by atoms with Crippen LogP contribution in [-0.2, 0) is 11.3 Å². The number of H-pyrrole nitrogens is 1. The third-order valence-corrected chi connectivity index (χ3v) is 8.80. The molecule has 3 aromatic heterocycles. The van der Waals surface area contributed by atoms with Crippen LogP contribution in [0.4, 0.5) is 10.3 Å². The lowest BCUT2D eigenvalue weighted by atomic mass is 9.83. The summed E-state index contributed by atoms with van der Waals surface area (Å²) in [5.41, 5.74) is 2.60. The van der Waals surface area contributed by atoms with Gasteiger partial charge in [0.15, 0.2) is 5.65 Å². The molecular formula is C31H31ClFN7O3. The van der Waals surface area contributed by atoms with Gasteiger partial charge in [0.2, 0.25) is 17.6 Å². The van der Waals surface area contributed by atoms with Crippen molar-refractivity contribution in [3.05, 3.63) is 75.5 Å². The van der Waals surface area contributed by atoms with E-state index in [2.05, 4.69) is 38.7 Å². The number of aromatic nitrogens is 6. The first-order valence-electron chi connectivity index (χ1n) is 14.6. The van der Waals surface area contributed by atoms with Crippen molar-refractivity contribution in [2.45, 2.75) is 45.2 Å². The number of halogens is 2. The number of rotatable bonds is 6. The van der Waals surface area contributed by atoms with Gasteiger partial charge >= 0.3 is 5.76 Å². The number of hydrogen-bond acceptors (Lipinski definition) is 8. The second kappa shape index (κ2) is 11.5. The second-order valence-corrected chi connectivity index (χ2v) is 11.9. The molecule has 222 valence electrons. The number of benzene rings is 2. The molecule has 4 heterocycles. The molecule has 0 bridgehead atoms. The van der Waals surface area contributed by atoms with Crippen molar-refractivity contribution < 1.29 is 13.7 Å². The van der Waals surface area contributed by atoms with Gasteiger partial charge in [0.25, 0.3) is 0 Å². The molecule has 2 aromatic carbocycles. The van der Waals surface area contributed by atoms with Gasteiger partial charge in [-0.1, -0.05) is 66.9 Å². The Morgan fingerprint density at radius 3 is 2.65 bits per heavy atom. The van der Waals surface area contributed by atoms with Gasteiger partial charge in [-0.25, -0.2) is 19.2 Å². The molecule has 10 nitrogen and oxygen atoms in total. The Bertz CT molecular complexity index is 1810. The van der Waals surface area contributed by atoms with Crippen molar-refractivity contribution in [2.75, 3.05) is 24.7 Å². The minimum Gasteiger partial charge on any atom is -0.377 e. The Morgan fingerprint density at radius 2 is 1.88 bits per heavy atom. The molecule has 2 aliphatic rings. The van der Waals surface area contributed by atoms with Gasteiger partial charge in [-0.2, -0.15) is 4.98 Å². The number of nitrogens with zero attached hydrogens (tertiary/aromatic N) is 6. The largest absolute Gasteiger partial charge is 0.439 e. The predicted octanol–water partition coefficient (Wildman–Crippen LogP) is 6.03. The van der Waals surface area contributed by atoms with Gasteiger partial charge < -0.3 is 14.2 Å². The van der Waals surface area contributed by atoms with Gasteiger partial charge in [-0.3, -0.25) is 9.51 Å². The lowest BCUT2D eigenvalue weighted by Gasteiger charge is -2.37. The van der Waals surface area contributed by atoms with Gasteiger partial charge in [0.1, 0.15) is 17.0 Å². The van der Waals surface area contributed by atoms with Gasteiger partial charge in [-0.05, 0) is 48.4 Å². The van der Waals surface area contributed by atoms with Gasteiger partial charge in [0.05, 0.1) is 19.3 Å². The average molecular weight is 604 g/mol. The first-order valence-corrected chi connectivity index (χ1v) is 15.0. The molecule has 12 heteroatoms. The summed E-state index contributed by atoms with van der Waals surface area (Å²) in [4.78, 5) is 31.1. The summed E-state index contributed by atoms with van der Waals surface area (Å²) in [6.07, 6.45) is 4.50. The molecule has 43 heavy (non-hydrogen) atoms. The molecule has 1 aliphatic carbocycles. The molecule has 0 amide bonds. The monoisotopic (exact) mass is 603 g/mol. The lowest BCUT2D eigenvalue weighted by molar-refractivity contribution is 0.0927. The molecule has 1 N–H and O–H groups in total. The summed E-state index contributed by atoms with van der Waals surface area (Å²) < 4.78 is 28.4. The Morgan fingerprint density at radius 1 is 1.07 bits per heavy atom. The minimum absolute atomic E-state index is 0.0292. The van der Waals surface area contributed by atoms with Crippen LogP contribution in [0.1, 0.15) is 44.2 Å². The number of hydrogen-bond donors (Lipinski definition) is 1. The molecule has 0 radical (unpaired) electrons. The fraction of sp³-hybridized carbons (Fsp3) is 0.387. The molecule has 1 aliphatic heterocycles. The average Bonchev–Trinajstić information content (AvgIpc) is 3.63. The number of imidazole rings is 1. The number of fused-ring (bicyclic) bond motifs is 1. The van der Waals surface area contributed by atoms with E-state index in [-0.39, 0.29) is 23.3 Å². The van der Waals surface area contributed by atoms with Crippen LogP contribution in [0.2, 0.25) is 5.02 Å². The van der Waals surface area contributed by atoms with Crippen LogP contribution >= 0.6 is 11.6 Å². The third kappa shape index (κ3) is 5.43. The van der Waals surface area contributed by atoms with E-state index in [0.29, 0.717) is 60.0 Å². The van der Waals surface area contributed by atoms with Crippen LogP contribution in [-0.4, -0.2) is 49.4 Å². The van der Waals surface area contributed by atoms with Crippen molar-refractivity contribution in [3.8, 4) is 22.9 Å². The number of morpholine rings is 1. The topological polar surface area (TPSA) is 115 Å². The number of aromatic amines is 1. The van der Waals surface area contributed by atoms with Crippen molar-refractivity contribution in [1.82, 2.24) is 29.7 Å². The third-order valence-electron chi connectivity index (χ3n) is 8.56. The number of anilines is 1. The van der Waals surface area contributed by atoms with E-state index in [1.54, 1.807) is 6.07 Å². The summed E-state index contributed by atoms with van der Waals surface area (Å²) in [6.45, 7) is 4.63. The van der Waals surface area contributed by atoms with E-state index < -0.39 is 11.6 Å². The van der Waals surface area contributed by atoms with Crippen LogP contribution in [0.3, 0.4) is 0 Å². The zero-order valence-electron chi connectivity index (χ0n) is 23.7. The zero-order valence-corrected chi connectivity index (χ0v) is 24.4. The Kier molecular flexibility index (Phi) is 7.44. The van der Waals surface area contributed by atoms with E-state index in [1.165, 1.54) is 12.1 Å². The summed E-state index contributed by atoms with van der Waals surface area (Å²) in [5, 5.41) is 4.15. The maximum atomic E-state index is 15.5. The normalized spacial score (nSPS) is 21.0. The molecule has 5 aromatic rings. The second-order valence-electron chi connectivity index (χ2n) is 11.5.